The van der Waals surface area contributed by atoms with Gasteiger partial charge in [0.2, 0.25) is 5.91 Å². The Hall–Kier alpha value is -2.04. The van der Waals surface area contributed by atoms with Crippen molar-refractivity contribution in [3.63, 3.8) is 0 Å². The monoisotopic (exact) mass is 317 g/mol. The van der Waals surface area contributed by atoms with Gasteiger partial charge in [-0.1, -0.05) is 37.3 Å². The summed E-state index contributed by atoms with van der Waals surface area (Å²) in [6, 6.07) is 10.1. The second kappa shape index (κ2) is 9.18. The fourth-order valence-electron chi connectivity index (χ4n) is 2.77. The van der Waals surface area contributed by atoms with Gasteiger partial charge in [-0.3, -0.25) is 4.79 Å². The fraction of sp³-hybridized carbons (Fsp3) is 0.556. The summed E-state index contributed by atoms with van der Waals surface area (Å²) in [5.74, 6) is 0.185. The number of benzene rings is 1. The molecule has 2 rings (SSSR count). The smallest absolute Gasteiger partial charge is 0.317 e. The molecule has 1 N–H and O–H groups in total. The van der Waals surface area contributed by atoms with Crippen LogP contribution in [-0.4, -0.2) is 54.5 Å². The first-order chi connectivity index (χ1) is 11.2. The van der Waals surface area contributed by atoms with E-state index in [4.69, 9.17) is 0 Å². The summed E-state index contributed by atoms with van der Waals surface area (Å²) in [6.45, 7) is 5.45. The van der Waals surface area contributed by atoms with Gasteiger partial charge < -0.3 is 15.1 Å². The van der Waals surface area contributed by atoms with Gasteiger partial charge in [0.15, 0.2) is 0 Å². The summed E-state index contributed by atoms with van der Waals surface area (Å²) in [5.41, 5.74) is 1.19. The van der Waals surface area contributed by atoms with Crippen LogP contribution in [0, 0.1) is 0 Å². The predicted octanol–water partition coefficient (Wildman–Crippen LogP) is 2.27. The van der Waals surface area contributed by atoms with Crippen molar-refractivity contribution in [3.05, 3.63) is 35.9 Å². The van der Waals surface area contributed by atoms with E-state index in [1.54, 1.807) is 0 Å². The maximum absolute atomic E-state index is 12.4. The molecule has 126 valence electrons. The molecule has 1 heterocycles. The van der Waals surface area contributed by atoms with Gasteiger partial charge in [-0.05, 0) is 24.8 Å². The summed E-state index contributed by atoms with van der Waals surface area (Å²) in [5, 5.41) is 2.90. The SMILES string of the molecule is CCCNC(=O)N1CCCN(C(=O)CCc2ccccc2)CC1. The molecule has 0 unspecified atom stereocenters. The minimum Gasteiger partial charge on any atom is -0.341 e. The lowest BCUT2D eigenvalue weighted by Crippen LogP contribution is -2.42. The molecule has 1 saturated heterocycles. The number of nitrogens with zero attached hydrogens (tertiary/aromatic N) is 2. The van der Waals surface area contributed by atoms with Crippen LogP contribution >= 0.6 is 0 Å². The Morgan fingerprint density at radius 1 is 1.04 bits per heavy atom. The van der Waals surface area contributed by atoms with Gasteiger partial charge in [-0.2, -0.15) is 0 Å². The molecule has 5 nitrogen and oxygen atoms in total. The van der Waals surface area contributed by atoms with E-state index in [0.29, 0.717) is 26.1 Å². The number of hydrogen-bond donors (Lipinski definition) is 1. The summed E-state index contributed by atoms with van der Waals surface area (Å²) in [6.07, 6.45) is 3.09. The highest BCUT2D eigenvalue weighted by Gasteiger charge is 2.21. The first-order valence-corrected chi connectivity index (χ1v) is 8.55. The fourth-order valence-corrected chi connectivity index (χ4v) is 2.77. The highest BCUT2D eigenvalue weighted by atomic mass is 16.2. The lowest BCUT2D eigenvalue weighted by molar-refractivity contribution is -0.131. The Bertz CT molecular complexity index is 504. The predicted molar refractivity (Wildman–Crippen MR) is 91.2 cm³/mol. The molecule has 1 aromatic carbocycles. The number of rotatable bonds is 5. The van der Waals surface area contributed by atoms with Gasteiger partial charge in [0.1, 0.15) is 0 Å². The lowest BCUT2D eigenvalue weighted by atomic mass is 10.1. The van der Waals surface area contributed by atoms with Crippen LogP contribution in [-0.2, 0) is 11.2 Å². The summed E-state index contributed by atoms with van der Waals surface area (Å²) in [7, 11) is 0. The van der Waals surface area contributed by atoms with Crippen LogP contribution in [0.1, 0.15) is 31.7 Å². The average molecular weight is 317 g/mol. The van der Waals surface area contributed by atoms with Gasteiger partial charge in [0.05, 0.1) is 0 Å². The molecule has 0 aliphatic carbocycles. The van der Waals surface area contributed by atoms with E-state index in [-0.39, 0.29) is 11.9 Å². The summed E-state index contributed by atoms with van der Waals surface area (Å²) >= 11 is 0. The minimum absolute atomic E-state index is 0.00886. The Labute approximate surface area is 138 Å². The first-order valence-electron chi connectivity index (χ1n) is 8.55. The highest BCUT2D eigenvalue weighted by molar-refractivity contribution is 5.77. The van der Waals surface area contributed by atoms with E-state index < -0.39 is 0 Å². The van der Waals surface area contributed by atoms with Crippen molar-refractivity contribution in [2.75, 3.05) is 32.7 Å². The molecular formula is C18H27N3O2. The zero-order valence-electron chi connectivity index (χ0n) is 14.0. The van der Waals surface area contributed by atoms with Crippen LogP contribution in [0.4, 0.5) is 4.79 Å². The second-order valence-electron chi connectivity index (χ2n) is 5.94. The largest absolute Gasteiger partial charge is 0.341 e. The molecule has 1 aliphatic rings. The topological polar surface area (TPSA) is 52.7 Å². The van der Waals surface area contributed by atoms with Crippen LogP contribution in [0.5, 0.6) is 0 Å². The van der Waals surface area contributed by atoms with E-state index in [1.807, 2.05) is 34.9 Å². The quantitative estimate of drug-likeness (QED) is 0.906. The van der Waals surface area contributed by atoms with E-state index in [9.17, 15) is 9.59 Å². The number of hydrogen-bond acceptors (Lipinski definition) is 2. The van der Waals surface area contributed by atoms with Crippen molar-refractivity contribution in [3.8, 4) is 0 Å². The molecule has 0 spiro atoms. The van der Waals surface area contributed by atoms with E-state index >= 15 is 0 Å². The molecular weight excluding hydrogens is 290 g/mol. The maximum Gasteiger partial charge on any atom is 0.317 e. The van der Waals surface area contributed by atoms with Gasteiger partial charge in [0, 0.05) is 39.1 Å². The van der Waals surface area contributed by atoms with Gasteiger partial charge in [0.25, 0.3) is 0 Å². The second-order valence-corrected chi connectivity index (χ2v) is 5.94. The van der Waals surface area contributed by atoms with Crippen LogP contribution in [0.3, 0.4) is 0 Å². The molecule has 0 radical (unpaired) electrons. The summed E-state index contributed by atoms with van der Waals surface area (Å²) < 4.78 is 0. The van der Waals surface area contributed by atoms with Crippen LogP contribution in [0.2, 0.25) is 0 Å². The summed E-state index contributed by atoms with van der Waals surface area (Å²) in [4.78, 5) is 28.1. The van der Waals surface area contributed by atoms with Crippen molar-refractivity contribution in [2.45, 2.75) is 32.6 Å². The number of aryl methyl sites for hydroxylation is 1. The Morgan fingerprint density at radius 2 is 1.74 bits per heavy atom. The molecule has 3 amide bonds. The highest BCUT2D eigenvalue weighted by Crippen LogP contribution is 2.08. The van der Waals surface area contributed by atoms with Crippen LogP contribution in [0.15, 0.2) is 30.3 Å². The lowest BCUT2D eigenvalue weighted by Gasteiger charge is -2.22. The molecule has 1 aliphatic heterocycles. The number of nitrogens with one attached hydrogen (secondary N) is 1. The standard InChI is InChI=1S/C18H27N3O2/c1-2-11-19-18(23)21-13-6-12-20(14-15-21)17(22)10-9-16-7-4-3-5-8-16/h3-5,7-8H,2,6,9-15H2,1H3,(H,19,23). The first kappa shape index (κ1) is 17.3. The third kappa shape index (κ3) is 5.58. The van der Waals surface area contributed by atoms with Crippen molar-refractivity contribution in [1.29, 1.82) is 0 Å². The van der Waals surface area contributed by atoms with E-state index in [0.717, 1.165) is 32.4 Å². The molecule has 5 heteroatoms. The van der Waals surface area contributed by atoms with E-state index in [1.165, 1.54) is 5.56 Å². The van der Waals surface area contributed by atoms with Crippen LogP contribution < -0.4 is 5.32 Å². The van der Waals surface area contributed by atoms with Gasteiger partial charge >= 0.3 is 6.03 Å². The van der Waals surface area contributed by atoms with E-state index in [2.05, 4.69) is 17.4 Å². The van der Waals surface area contributed by atoms with Crippen LogP contribution in [0.25, 0.3) is 0 Å². The average Bonchev–Trinajstić information content (AvgIpc) is 2.84. The molecule has 0 atom stereocenters. The molecule has 0 bridgehead atoms. The van der Waals surface area contributed by atoms with Gasteiger partial charge in [-0.25, -0.2) is 4.79 Å². The number of carbonyl (C=O) groups is 2. The minimum atomic E-state index is -0.00886. The third-order valence-electron chi connectivity index (χ3n) is 4.13. The zero-order valence-corrected chi connectivity index (χ0v) is 14.0. The molecule has 0 saturated carbocycles. The molecule has 0 aromatic heterocycles. The normalized spacial score (nSPS) is 15.2. The molecule has 23 heavy (non-hydrogen) atoms. The maximum atomic E-state index is 12.4. The molecule has 1 aromatic rings. The number of carbonyl (C=O) groups excluding carboxylic acids is 2. The van der Waals surface area contributed by atoms with Gasteiger partial charge in [-0.15, -0.1) is 0 Å². The van der Waals surface area contributed by atoms with Crippen molar-refractivity contribution >= 4 is 11.9 Å². The zero-order chi connectivity index (χ0) is 16.5. The Morgan fingerprint density at radius 3 is 2.48 bits per heavy atom. The van der Waals surface area contributed by atoms with Crippen molar-refractivity contribution in [1.82, 2.24) is 15.1 Å². The van der Waals surface area contributed by atoms with Crippen molar-refractivity contribution in [2.24, 2.45) is 0 Å². The number of urea groups is 1. The Balaban J connectivity index is 1.78. The molecule has 1 fully saturated rings. The number of amides is 3. The van der Waals surface area contributed by atoms with Crippen molar-refractivity contribution < 1.29 is 9.59 Å². The Kier molecular flexibility index (Phi) is 6.91. The third-order valence-corrected chi connectivity index (χ3v) is 4.13.